The topological polar surface area (TPSA) is 0 Å². The zero-order chi connectivity index (χ0) is 58.9. The maximum Gasteiger partial charge on any atom is 0.0481 e. The monoisotopic (exact) mass is 1280 g/mol. The Kier molecular flexibility index (Phi) is 23.9. The molecular weight excluding hydrogens is 1190 g/mol. The van der Waals surface area contributed by atoms with Crippen LogP contribution in [0.2, 0.25) is 0 Å². The summed E-state index contributed by atoms with van der Waals surface area (Å²) in [7, 11) is 0. The van der Waals surface area contributed by atoms with Crippen LogP contribution in [0.5, 0.6) is 0 Å². The third-order valence-corrected chi connectivity index (χ3v) is 27.3. The first-order valence-corrected chi connectivity index (χ1v) is 39.9. The number of unbranched alkanes of at least 4 members (excludes halogenated alkanes) is 20. The summed E-state index contributed by atoms with van der Waals surface area (Å²) in [6.45, 7) is 9.27. The lowest BCUT2D eigenvalue weighted by Crippen LogP contribution is -1.89. The van der Waals surface area contributed by atoms with Gasteiger partial charge >= 0.3 is 0 Å². The molecule has 0 aliphatic rings. The van der Waals surface area contributed by atoms with Gasteiger partial charge in [0.05, 0.1) is 0 Å². The van der Waals surface area contributed by atoms with Crippen LogP contribution < -0.4 is 0 Å². The predicted octanol–water partition coefficient (Wildman–Crippen LogP) is 29.4. The highest BCUT2D eigenvalue weighted by Crippen LogP contribution is 2.53. The summed E-state index contributed by atoms with van der Waals surface area (Å²) in [5, 5.41) is 10.1. The van der Waals surface area contributed by atoms with Gasteiger partial charge in [0.1, 0.15) is 0 Å². The lowest BCUT2D eigenvalue weighted by molar-refractivity contribution is 0.608. The summed E-state index contributed by atoms with van der Waals surface area (Å²) in [5.41, 5.74) is 8.91. The van der Waals surface area contributed by atoms with E-state index in [-0.39, 0.29) is 0 Å². The predicted molar refractivity (Wildman–Crippen MR) is 396 cm³/mol. The van der Waals surface area contributed by atoms with Gasteiger partial charge in [-0.1, -0.05) is 205 Å². The average Bonchev–Trinajstić information content (AvgIpc) is 1.45. The van der Waals surface area contributed by atoms with Crippen LogP contribution in [0.15, 0.2) is 132 Å². The standard InChI is InChI=1S/C78H90S8/c1-5-9-13-17-21-25-33-55-49-51-79-75(55)67-45-41-63(81-67)65-43-47-69(83-65)77-57(35-27-23-19-15-11-7-3)53-71(85-77)73-59-37-29-31-39-61(59)74(62-40-32-30-38-60(62)73)72-54-58(36-28-24-20-16-12-8-4)78(86-72)70-48-44-66(84-70)64-42-46-68(82-64)76-56(50-52-80-76)34-26-22-18-14-10-6-2/h29-32,37-54H,5-28,33-36H2,1-4H3. The van der Waals surface area contributed by atoms with E-state index in [4.69, 9.17) is 0 Å². The van der Waals surface area contributed by atoms with Crippen LogP contribution in [0.1, 0.15) is 204 Å². The Morgan fingerprint density at radius 2 is 0.500 bits per heavy atom. The largest absolute Gasteiger partial charge is 0.143 e. The number of aryl methyl sites for hydroxylation is 4. The minimum absolute atomic E-state index is 1.12. The third kappa shape index (κ3) is 15.7. The molecule has 0 nitrogen and oxygen atoms in total. The number of hydrogen-bond donors (Lipinski definition) is 0. The van der Waals surface area contributed by atoms with Crippen molar-refractivity contribution in [3.63, 3.8) is 0 Å². The van der Waals surface area contributed by atoms with Crippen LogP contribution in [0.25, 0.3) is 101 Å². The first kappa shape index (κ1) is 63.4. The van der Waals surface area contributed by atoms with Gasteiger partial charge < -0.3 is 0 Å². The Balaban J connectivity index is 0.914. The zero-order valence-electron chi connectivity index (χ0n) is 51.8. The number of thiophene rings is 8. The molecule has 0 aliphatic carbocycles. The fourth-order valence-electron chi connectivity index (χ4n) is 12.8. The molecule has 8 aromatic heterocycles. The van der Waals surface area contributed by atoms with Gasteiger partial charge in [-0.05, 0) is 179 Å². The maximum absolute atomic E-state index is 2.62. The first-order chi connectivity index (χ1) is 42.5. The molecule has 0 aliphatic heterocycles. The van der Waals surface area contributed by atoms with Crippen molar-refractivity contribution in [2.45, 2.75) is 207 Å². The highest BCUT2D eigenvalue weighted by Gasteiger charge is 2.24. The maximum atomic E-state index is 2.62. The Labute approximate surface area is 548 Å². The first-order valence-electron chi connectivity index (χ1n) is 33.3. The minimum atomic E-state index is 1.12. The summed E-state index contributed by atoms with van der Waals surface area (Å²) in [6.07, 6.45) is 36.4. The van der Waals surface area contributed by atoms with Gasteiger partial charge in [0.25, 0.3) is 0 Å². The molecule has 0 amide bonds. The van der Waals surface area contributed by atoms with E-state index in [1.54, 1.807) is 0 Å². The molecule has 0 spiro atoms. The quantitative estimate of drug-likeness (QED) is 0.0271. The molecule has 0 unspecified atom stereocenters. The summed E-state index contributed by atoms with van der Waals surface area (Å²) in [4.78, 5) is 19.9. The highest BCUT2D eigenvalue weighted by atomic mass is 32.1. The summed E-state index contributed by atoms with van der Waals surface area (Å²) in [5.74, 6) is 0. The molecule has 0 radical (unpaired) electrons. The van der Waals surface area contributed by atoms with Crippen molar-refractivity contribution < 1.29 is 0 Å². The highest BCUT2D eigenvalue weighted by molar-refractivity contribution is 7.30. The van der Waals surface area contributed by atoms with Crippen LogP contribution in [0, 0.1) is 0 Å². The third-order valence-electron chi connectivity index (χ3n) is 17.5. The van der Waals surface area contributed by atoms with Crippen molar-refractivity contribution in [1.29, 1.82) is 0 Å². The molecule has 0 bridgehead atoms. The number of benzene rings is 3. The molecule has 450 valence electrons. The molecule has 8 heterocycles. The normalized spacial score (nSPS) is 11.9. The molecule has 0 saturated carbocycles. The van der Waals surface area contributed by atoms with E-state index in [0.29, 0.717) is 0 Å². The van der Waals surface area contributed by atoms with E-state index in [2.05, 4.69) is 160 Å². The molecule has 0 saturated heterocycles. The van der Waals surface area contributed by atoms with Gasteiger partial charge in [-0.15, -0.1) is 90.7 Å². The van der Waals surface area contributed by atoms with Crippen LogP contribution in [0.3, 0.4) is 0 Å². The van der Waals surface area contributed by atoms with Crippen molar-refractivity contribution >= 4 is 112 Å². The molecule has 8 heteroatoms. The van der Waals surface area contributed by atoms with E-state index < -0.39 is 0 Å². The zero-order valence-corrected chi connectivity index (χ0v) is 58.3. The van der Waals surface area contributed by atoms with Crippen LogP contribution in [0.4, 0.5) is 0 Å². The van der Waals surface area contributed by atoms with Crippen molar-refractivity contribution in [2.75, 3.05) is 0 Å². The second kappa shape index (κ2) is 32.5. The second-order valence-electron chi connectivity index (χ2n) is 24.0. The van der Waals surface area contributed by atoms with Gasteiger partial charge in [-0.3, -0.25) is 0 Å². The molecule has 3 aromatic carbocycles. The molecule has 11 rings (SSSR count). The van der Waals surface area contributed by atoms with Crippen LogP contribution in [-0.4, -0.2) is 0 Å². The Hall–Kier alpha value is -4.22. The SMILES string of the molecule is CCCCCCCCc1ccsc1-c1ccc(-c2ccc(-c3sc(-c4c5ccccc5c(-c5cc(CCCCCCCC)c(-c6ccc(-c7ccc(-c8sccc8CCCCCCCC)s7)s6)s5)c5ccccc45)cc3CCCCCCCC)s2)s1. The molecule has 0 atom stereocenters. The van der Waals surface area contributed by atoms with E-state index in [9.17, 15) is 0 Å². The van der Waals surface area contributed by atoms with E-state index in [1.165, 1.54) is 290 Å². The molecule has 11 aromatic rings. The van der Waals surface area contributed by atoms with Crippen LogP contribution >= 0.6 is 90.7 Å². The summed E-state index contributed by atoms with van der Waals surface area (Å²) >= 11 is 15.9. The van der Waals surface area contributed by atoms with E-state index in [1.807, 2.05) is 90.7 Å². The lowest BCUT2D eigenvalue weighted by Gasteiger charge is -2.15. The van der Waals surface area contributed by atoms with E-state index >= 15 is 0 Å². The van der Waals surface area contributed by atoms with E-state index in [0.717, 1.165) is 12.8 Å². The van der Waals surface area contributed by atoms with Gasteiger partial charge in [0.2, 0.25) is 0 Å². The second-order valence-corrected chi connectivity index (χ2v) is 32.3. The number of fused-ring (bicyclic) bond motifs is 2. The smallest absolute Gasteiger partial charge is 0.0481 e. The van der Waals surface area contributed by atoms with Crippen molar-refractivity contribution in [1.82, 2.24) is 0 Å². The van der Waals surface area contributed by atoms with Gasteiger partial charge in [-0.25, -0.2) is 0 Å². The number of hydrogen-bond acceptors (Lipinski definition) is 8. The Bertz CT molecular complexity index is 3520. The minimum Gasteiger partial charge on any atom is -0.143 e. The Morgan fingerprint density at radius 1 is 0.233 bits per heavy atom. The van der Waals surface area contributed by atoms with Gasteiger partial charge in [0, 0.05) is 79.4 Å². The van der Waals surface area contributed by atoms with Crippen molar-refractivity contribution in [2.24, 2.45) is 0 Å². The summed E-state index contributed by atoms with van der Waals surface area (Å²) in [6, 6.07) is 48.2. The van der Waals surface area contributed by atoms with Gasteiger partial charge in [-0.2, -0.15) is 0 Å². The fraction of sp³-hybridized carbons (Fsp3) is 0.410. The van der Waals surface area contributed by atoms with Gasteiger partial charge in [0.15, 0.2) is 0 Å². The fourth-order valence-corrected chi connectivity index (χ4v) is 22.1. The van der Waals surface area contributed by atoms with Crippen molar-refractivity contribution in [3.8, 4) is 79.4 Å². The number of rotatable bonds is 36. The lowest BCUT2D eigenvalue weighted by atomic mass is 9.90. The average molecular weight is 1280 g/mol. The molecule has 86 heavy (non-hydrogen) atoms. The molecule has 0 N–H and O–H groups in total. The summed E-state index contributed by atoms with van der Waals surface area (Å²) < 4.78 is 0. The van der Waals surface area contributed by atoms with Crippen LogP contribution in [-0.2, 0) is 25.7 Å². The molecule has 0 fully saturated rings. The van der Waals surface area contributed by atoms with Crippen molar-refractivity contribution in [3.05, 3.63) is 154 Å². The molecular formula is C78H90S8. The Morgan fingerprint density at radius 3 is 0.814 bits per heavy atom.